The number of nitrogens with one attached hydrogen (secondary N) is 1. The van der Waals surface area contributed by atoms with Gasteiger partial charge in [0.05, 0.1) is 19.2 Å². The Kier molecular flexibility index (Phi) is 7.67. The third-order valence-electron chi connectivity index (χ3n) is 4.35. The van der Waals surface area contributed by atoms with Crippen LogP contribution in [0.2, 0.25) is 0 Å². The van der Waals surface area contributed by atoms with Crippen molar-refractivity contribution in [3.8, 4) is 11.5 Å². The number of hydrogen-bond donors (Lipinski definition) is 2. The molecule has 146 valence electrons. The normalized spacial score (nSPS) is 13.1. The fourth-order valence-corrected chi connectivity index (χ4v) is 2.83. The zero-order valence-electron chi connectivity index (χ0n) is 16.6. The number of methoxy groups -OCH3 is 1. The van der Waals surface area contributed by atoms with Gasteiger partial charge in [-0.1, -0.05) is 50.2 Å². The summed E-state index contributed by atoms with van der Waals surface area (Å²) in [5, 5.41) is 2.97. The molecule has 2 aromatic carbocycles. The topological polar surface area (TPSA) is 73.6 Å². The summed E-state index contributed by atoms with van der Waals surface area (Å²) in [6, 6.07) is 15.0. The van der Waals surface area contributed by atoms with E-state index in [-0.39, 0.29) is 11.9 Å². The molecule has 2 aromatic rings. The number of nitrogens with two attached hydrogens (primary N) is 1. The molecule has 0 aliphatic rings. The molecule has 0 aromatic heterocycles. The Hall–Kier alpha value is -2.53. The number of hydrogen-bond acceptors (Lipinski definition) is 4. The monoisotopic (exact) mass is 370 g/mol. The van der Waals surface area contributed by atoms with Gasteiger partial charge in [0.15, 0.2) is 11.5 Å². The molecule has 0 heterocycles. The largest absolute Gasteiger partial charge is 0.493 e. The summed E-state index contributed by atoms with van der Waals surface area (Å²) in [7, 11) is 1.61. The number of ether oxygens (including phenoxy) is 2. The summed E-state index contributed by atoms with van der Waals surface area (Å²) in [5.74, 6) is 1.54. The maximum Gasteiger partial charge on any atom is 0.237 e. The predicted molar refractivity (Wildman–Crippen MR) is 108 cm³/mol. The van der Waals surface area contributed by atoms with Crippen LogP contribution in [0.5, 0.6) is 11.5 Å². The second-order valence-electron chi connectivity index (χ2n) is 7.15. The number of rotatable bonds is 9. The molecule has 1 amide bonds. The van der Waals surface area contributed by atoms with Crippen molar-refractivity contribution in [2.45, 2.75) is 45.9 Å². The highest BCUT2D eigenvalue weighted by molar-refractivity contribution is 5.81. The van der Waals surface area contributed by atoms with E-state index >= 15 is 0 Å². The van der Waals surface area contributed by atoms with Gasteiger partial charge in [-0.3, -0.25) is 4.79 Å². The van der Waals surface area contributed by atoms with Crippen molar-refractivity contribution in [1.29, 1.82) is 0 Å². The molecule has 0 radical (unpaired) electrons. The molecule has 0 saturated heterocycles. The molecule has 1 unspecified atom stereocenters. The van der Waals surface area contributed by atoms with Crippen LogP contribution in [0.4, 0.5) is 0 Å². The highest BCUT2D eigenvalue weighted by Crippen LogP contribution is 2.31. The Labute approximate surface area is 161 Å². The number of benzene rings is 2. The van der Waals surface area contributed by atoms with Crippen LogP contribution >= 0.6 is 0 Å². The molecule has 0 aliphatic heterocycles. The minimum Gasteiger partial charge on any atom is -0.493 e. The smallest absolute Gasteiger partial charge is 0.237 e. The van der Waals surface area contributed by atoms with Crippen molar-refractivity contribution in [3.63, 3.8) is 0 Å². The van der Waals surface area contributed by atoms with Gasteiger partial charge in [-0.15, -0.1) is 0 Å². The minimum atomic E-state index is -0.497. The van der Waals surface area contributed by atoms with Gasteiger partial charge >= 0.3 is 0 Å². The molecule has 3 N–H and O–H groups in total. The van der Waals surface area contributed by atoms with E-state index in [1.165, 1.54) is 0 Å². The van der Waals surface area contributed by atoms with Crippen LogP contribution in [0.25, 0.3) is 0 Å². The average Bonchev–Trinajstić information content (AvgIpc) is 2.66. The minimum absolute atomic E-state index is 0.139. The Bertz CT molecular complexity index is 732. The summed E-state index contributed by atoms with van der Waals surface area (Å²) in [4.78, 5) is 12.3. The second-order valence-corrected chi connectivity index (χ2v) is 7.15. The Morgan fingerprint density at radius 3 is 2.41 bits per heavy atom. The van der Waals surface area contributed by atoms with E-state index in [0.717, 1.165) is 11.1 Å². The van der Waals surface area contributed by atoms with Crippen LogP contribution in [-0.2, 0) is 11.4 Å². The van der Waals surface area contributed by atoms with E-state index in [0.29, 0.717) is 30.4 Å². The van der Waals surface area contributed by atoms with Crippen LogP contribution < -0.4 is 20.5 Å². The molecule has 2 rings (SSSR count). The summed E-state index contributed by atoms with van der Waals surface area (Å²) >= 11 is 0. The van der Waals surface area contributed by atoms with Gasteiger partial charge < -0.3 is 20.5 Å². The lowest BCUT2D eigenvalue weighted by Crippen LogP contribution is -2.42. The third kappa shape index (κ3) is 6.29. The summed E-state index contributed by atoms with van der Waals surface area (Å²) < 4.78 is 11.3. The van der Waals surface area contributed by atoms with Gasteiger partial charge in [-0.25, -0.2) is 0 Å². The quantitative estimate of drug-likeness (QED) is 0.704. The van der Waals surface area contributed by atoms with Crippen molar-refractivity contribution in [2.75, 3.05) is 7.11 Å². The van der Waals surface area contributed by atoms with Gasteiger partial charge in [-0.05, 0) is 42.5 Å². The highest BCUT2D eigenvalue weighted by atomic mass is 16.5. The van der Waals surface area contributed by atoms with Gasteiger partial charge in [0.25, 0.3) is 0 Å². The van der Waals surface area contributed by atoms with E-state index in [9.17, 15) is 4.79 Å². The maximum absolute atomic E-state index is 12.3. The molecule has 27 heavy (non-hydrogen) atoms. The number of carbonyl (C=O) groups is 1. The lowest BCUT2D eigenvalue weighted by Gasteiger charge is -2.20. The van der Waals surface area contributed by atoms with E-state index in [1.54, 1.807) is 7.11 Å². The van der Waals surface area contributed by atoms with Crippen LogP contribution in [-0.4, -0.2) is 19.1 Å². The molecule has 5 nitrogen and oxygen atoms in total. The van der Waals surface area contributed by atoms with Crippen molar-refractivity contribution < 1.29 is 14.3 Å². The maximum atomic E-state index is 12.3. The summed E-state index contributed by atoms with van der Waals surface area (Å²) in [6.45, 7) is 6.50. The first-order valence-electron chi connectivity index (χ1n) is 9.31. The van der Waals surface area contributed by atoms with Gasteiger partial charge in [0.1, 0.15) is 6.61 Å². The molecule has 0 aliphatic carbocycles. The van der Waals surface area contributed by atoms with E-state index in [2.05, 4.69) is 19.2 Å². The lowest BCUT2D eigenvalue weighted by atomic mass is 10.0. The second kappa shape index (κ2) is 9.97. The molecule has 0 fully saturated rings. The Morgan fingerprint density at radius 1 is 1.07 bits per heavy atom. The van der Waals surface area contributed by atoms with Crippen molar-refractivity contribution in [2.24, 2.45) is 11.7 Å². The SMILES string of the molecule is COc1cc(C(C)NC(=O)[C@@H](N)CC(C)C)ccc1OCc1ccccc1. The fraction of sp³-hybridized carbons (Fsp3) is 0.409. The summed E-state index contributed by atoms with van der Waals surface area (Å²) in [6.07, 6.45) is 0.661. The van der Waals surface area contributed by atoms with Crippen LogP contribution in [0, 0.1) is 5.92 Å². The number of amides is 1. The van der Waals surface area contributed by atoms with E-state index in [1.807, 2.05) is 55.5 Å². The molecule has 0 spiro atoms. The standard InChI is InChI=1S/C22H30N2O3/c1-15(2)12-19(23)22(25)24-16(3)18-10-11-20(21(13-18)26-4)27-14-17-8-6-5-7-9-17/h5-11,13,15-16,19H,12,14,23H2,1-4H3,(H,24,25)/t16?,19-/m0/s1. The van der Waals surface area contributed by atoms with Crippen LogP contribution in [0.1, 0.15) is 44.4 Å². The van der Waals surface area contributed by atoms with Crippen molar-refractivity contribution >= 4 is 5.91 Å². The average molecular weight is 370 g/mol. The molecule has 0 bridgehead atoms. The third-order valence-corrected chi connectivity index (χ3v) is 4.35. The number of carbonyl (C=O) groups excluding carboxylic acids is 1. The molecule has 0 saturated carbocycles. The molecular formula is C22H30N2O3. The fourth-order valence-electron chi connectivity index (χ4n) is 2.83. The van der Waals surface area contributed by atoms with Crippen molar-refractivity contribution in [3.05, 3.63) is 59.7 Å². The first kappa shape index (κ1) is 20.8. The zero-order chi connectivity index (χ0) is 19.8. The van der Waals surface area contributed by atoms with E-state index < -0.39 is 6.04 Å². The van der Waals surface area contributed by atoms with Crippen molar-refractivity contribution in [1.82, 2.24) is 5.32 Å². The Morgan fingerprint density at radius 2 is 1.78 bits per heavy atom. The van der Waals surface area contributed by atoms with Gasteiger partial charge in [0.2, 0.25) is 5.91 Å². The van der Waals surface area contributed by atoms with Crippen LogP contribution in [0.15, 0.2) is 48.5 Å². The van der Waals surface area contributed by atoms with E-state index in [4.69, 9.17) is 15.2 Å². The van der Waals surface area contributed by atoms with Crippen LogP contribution in [0.3, 0.4) is 0 Å². The highest BCUT2D eigenvalue weighted by Gasteiger charge is 2.18. The first-order chi connectivity index (χ1) is 12.9. The zero-order valence-corrected chi connectivity index (χ0v) is 16.6. The molecule has 5 heteroatoms. The lowest BCUT2D eigenvalue weighted by molar-refractivity contribution is -0.123. The molecular weight excluding hydrogens is 340 g/mol. The first-order valence-corrected chi connectivity index (χ1v) is 9.31. The Balaban J connectivity index is 2.02. The molecule has 2 atom stereocenters. The predicted octanol–water partition coefficient (Wildman–Crippen LogP) is 3.82. The summed E-state index contributed by atoms with van der Waals surface area (Å²) in [5.41, 5.74) is 7.98. The van der Waals surface area contributed by atoms with Gasteiger partial charge in [0, 0.05) is 0 Å². The van der Waals surface area contributed by atoms with Gasteiger partial charge in [-0.2, -0.15) is 0 Å².